The standard InChI is InChI=1S/C22H20BrFN2O/c1-14-6-3-4-9-19(14)20(16-7-5-8-18(23)11-16)13-21(26-27)17-10-15(2)25-22(24)12-17/h3-12,20,27H,13H2,1-2H3/b26-21+. The van der Waals surface area contributed by atoms with E-state index in [1.165, 1.54) is 6.07 Å². The lowest BCUT2D eigenvalue weighted by Gasteiger charge is -2.21. The Bertz CT molecular complexity index is 967. The van der Waals surface area contributed by atoms with Gasteiger partial charge in [0, 0.05) is 34.1 Å². The van der Waals surface area contributed by atoms with Crippen molar-refractivity contribution in [3.05, 3.63) is 99.0 Å². The van der Waals surface area contributed by atoms with Gasteiger partial charge in [-0.2, -0.15) is 4.39 Å². The molecule has 138 valence electrons. The van der Waals surface area contributed by atoms with E-state index in [4.69, 9.17) is 0 Å². The Morgan fingerprint density at radius 3 is 2.56 bits per heavy atom. The number of nitrogens with zero attached hydrogens (tertiary/aromatic N) is 2. The van der Waals surface area contributed by atoms with Crippen molar-refractivity contribution < 1.29 is 9.60 Å². The highest BCUT2D eigenvalue weighted by Gasteiger charge is 2.21. The van der Waals surface area contributed by atoms with Crippen LogP contribution in [0.15, 0.2) is 70.3 Å². The van der Waals surface area contributed by atoms with Crippen LogP contribution in [0.3, 0.4) is 0 Å². The molecule has 0 aliphatic rings. The smallest absolute Gasteiger partial charge is 0.213 e. The molecule has 1 heterocycles. The molecular formula is C22H20BrFN2O. The van der Waals surface area contributed by atoms with Crippen molar-refractivity contribution >= 4 is 21.6 Å². The quantitative estimate of drug-likeness (QED) is 0.235. The Morgan fingerprint density at radius 2 is 1.89 bits per heavy atom. The first-order valence-corrected chi connectivity index (χ1v) is 9.43. The van der Waals surface area contributed by atoms with Gasteiger partial charge in [0.25, 0.3) is 0 Å². The van der Waals surface area contributed by atoms with Crippen LogP contribution in [-0.2, 0) is 0 Å². The highest BCUT2D eigenvalue weighted by atomic mass is 79.9. The molecule has 27 heavy (non-hydrogen) atoms. The fourth-order valence-electron chi connectivity index (χ4n) is 3.31. The summed E-state index contributed by atoms with van der Waals surface area (Å²) in [6.07, 6.45) is 0.431. The van der Waals surface area contributed by atoms with Gasteiger partial charge in [-0.05, 0) is 48.7 Å². The number of oxime groups is 1. The van der Waals surface area contributed by atoms with Gasteiger partial charge in [0.15, 0.2) is 0 Å². The third kappa shape index (κ3) is 4.61. The van der Waals surface area contributed by atoms with E-state index < -0.39 is 5.95 Å². The Balaban J connectivity index is 2.06. The fourth-order valence-corrected chi connectivity index (χ4v) is 3.73. The molecule has 5 heteroatoms. The van der Waals surface area contributed by atoms with Gasteiger partial charge in [-0.15, -0.1) is 0 Å². The van der Waals surface area contributed by atoms with Crippen molar-refractivity contribution in [2.45, 2.75) is 26.2 Å². The maximum absolute atomic E-state index is 13.8. The minimum atomic E-state index is -0.582. The Kier molecular flexibility index (Phi) is 6.01. The van der Waals surface area contributed by atoms with Crippen LogP contribution in [0.2, 0.25) is 0 Å². The third-order valence-corrected chi connectivity index (χ3v) is 5.08. The predicted octanol–water partition coefficient (Wildman–Crippen LogP) is 6.00. The van der Waals surface area contributed by atoms with Crippen LogP contribution in [0.25, 0.3) is 0 Å². The van der Waals surface area contributed by atoms with E-state index >= 15 is 0 Å². The van der Waals surface area contributed by atoms with Crippen molar-refractivity contribution in [1.82, 2.24) is 4.98 Å². The summed E-state index contributed by atoms with van der Waals surface area (Å²) >= 11 is 3.53. The Morgan fingerprint density at radius 1 is 1.11 bits per heavy atom. The molecule has 0 saturated heterocycles. The number of pyridine rings is 1. The molecule has 3 aromatic rings. The van der Waals surface area contributed by atoms with E-state index in [1.807, 2.05) is 24.3 Å². The van der Waals surface area contributed by atoms with Crippen molar-refractivity contribution in [3.8, 4) is 0 Å². The fraction of sp³-hybridized carbons (Fsp3) is 0.182. The van der Waals surface area contributed by atoms with E-state index in [0.717, 1.165) is 21.2 Å². The van der Waals surface area contributed by atoms with Gasteiger partial charge in [0.2, 0.25) is 5.95 Å². The molecule has 0 spiro atoms. The molecule has 0 aliphatic carbocycles. The topological polar surface area (TPSA) is 45.5 Å². The molecule has 0 aliphatic heterocycles. The van der Waals surface area contributed by atoms with Crippen LogP contribution in [0.4, 0.5) is 4.39 Å². The molecule has 0 fully saturated rings. The number of rotatable bonds is 5. The van der Waals surface area contributed by atoms with Crippen molar-refractivity contribution in [1.29, 1.82) is 0 Å². The summed E-state index contributed by atoms with van der Waals surface area (Å²) in [5.74, 6) is -0.618. The summed E-state index contributed by atoms with van der Waals surface area (Å²) in [4.78, 5) is 3.76. The molecule has 3 nitrogen and oxygen atoms in total. The molecular weight excluding hydrogens is 407 g/mol. The third-order valence-electron chi connectivity index (χ3n) is 4.59. The van der Waals surface area contributed by atoms with Crippen molar-refractivity contribution in [2.24, 2.45) is 5.16 Å². The minimum Gasteiger partial charge on any atom is -0.411 e. The van der Waals surface area contributed by atoms with Gasteiger partial charge < -0.3 is 5.21 Å². The normalized spacial score (nSPS) is 12.8. The monoisotopic (exact) mass is 426 g/mol. The zero-order chi connectivity index (χ0) is 19.4. The van der Waals surface area contributed by atoms with Crippen LogP contribution in [0, 0.1) is 19.8 Å². The first-order chi connectivity index (χ1) is 13.0. The highest BCUT2D eigenvalue weighted by Crippen LogP contribution is 2.33. The van der Waals surface area contributed by atoms with Gasteiger partial charge >= 0.3 is 0 Å². The summed E-state index contributed by atoms with van der Waals surface area (Å²) in [6.45, 7) is 3.78. The first kappa shape index (κ1) is 19.2. The molecule has 0 radical (unpaired) electrons. The largest absolute Gasteiger partial charge is 0.411 e. The van der Waals surface area contributed by atoms with Crippen LogP contribution in [-0.4, -0.2) is 15.9 Å². The zero-order valence-electron chi connectivity index (χ0n) is 15.2. The summed E-state index contributed by atoms with van der Waals surface area (Å²) in [5.41, 5.74) is 4.88. The number of aromatic nitrogens is 1. The summed E-state index contributed by atoms with van der Waals surface area (Å²) in [5, 5.41) is 13.2. The van der Waals surface area contributed by atoms with Gasteiger partial charge in [0.05, 0.1) is 5.71 Å². The number of aryl methyl sites for hydroxylation is 2. The summed E-state index contributed by atoms with van der Waals surface area (Å²) in [7, 11) is 0. The second kappa shape index (κ2) is 8.44. The maximum Gasteiger partial charge on any atom is 0.213 e. The van der Waals surface area contributed by atoms with Gasteiger partial charge in [-0.1, -0.05) is 57.5 Å². The number of hydrogen-bond donors (Lipinski definition) is 1. The van der Waals surface area contributed by atoms with Gasteiger partial charge in [0.1, 0.15) is 0 Å². The van der Waals surface area contributed by atoms with E-state index in [0.29, 0.717) is 23.4 Å². The van der Waals surface area contributed by atoms with E-state index in [2.05, 4.69) is 57.3 Å². The molecule has 2 aromatic carbocycles. The summed E-state index contributed by atoms with van der Waals surface area (Å²) < 4.78 is 14.7. The van der Waals surface area contributed by atoms with Gasteiger partial charge in [-0.3, -0.25) is 0 Å². The predicted molar refractivity (Wildman–Crippen MR) is 109 cm³/mol. The number of halogens is 2. The maximum atomic E-state index is 13.8. The molecule has 1 atom stereocenters. The Hall–Kier alpha value is -2.53. The molecule has 0 amide bonds. The van der Waals surface area contributed by atoms with Crippen LogP contribution in [0.5, 0.6) is 0 Å². The SMILES string of the molecule is Cc1cc(/C(CC(c2cccc(Br)c2)c2ccccc2C)=N/O)cc(F)n1. The van der Waals surface area contributed by atoms with Crippen LogP contribution in [0.1, 0.15) is 40.3 Å². The second-order valence-corrected chi connectivity index (χ2v) is 7.45. The van der Waals surface area contributed by atoms with E-state index in [9.17, 15) is 9.60 Å². The van der Waals surface area contributed by atoms with Gasteiger partial charge in [-0.25, -0.2) is 4.98 Å². The zero-order valence-corrected chi connectivity index (χ0v) is 16.7. The number of benzene rings is 2. The van der Waals surface area contributed by atoms with Crippen molar-refractivity contribution in [2.75, 3.05) is 0 Å². The average Bonchev–Trinajstić information content (AvgIpc) is 2.63. The van der Waals surface area contributed by atoms with Crippen molar-refractivity contribution in [3.63, 3.8) is 0 Å². The number of hydrogen-bond acceptors (Lipinski definition) is 3. The van der Waals surface area contributed by atoms with E-state index in [1.54, 1.807) is 13.0 Å². The molecule has 1 aromatic heterocycles. The molecule has 1 unspecified atom stereocenters. The lowest BCUT2D eigenvalue weighted by atomic mass is 9.83. The average molecular weight is 427 g/mol. The van der Waals surface area contributed by atoms with Crippen LogP contribution < -0.4 is 0 Å². The summed E-state index contributed by atoms with van der Waals surface area (Å²) in [6, 6.07) is 19.2. The Labute approximate surface area is 166 Å². The molecule has 3 rings (SSSR count). The second-order valence-electron chi connectivity index (χ2n) is 6.53. The molecule has 0 saturated carbocycles. The highest BCUT2D eigenvalue weighted by molar-refractivity contribution is 9.10. The van der Waals surface area contributed by atoms with E-state index in [-0.39, 0.29) is 5.92 Å². The molecule has 0 bridgehead atoms. The first-order valence-electron chi connectivity index (χ1n) is 8.64. The lowest BCUT2D eigenvalue weighted by Crippen LogP contribution is -2.12. The minimum absolute atomic E-state index is 0.0360. The molecule has 1 N–H and O–H groups in total. The lowest BCUT2D eigenvalue weighted by molar-refractivity contribution is 0.317. The van der Waals surface area contributed by atoms with Crippen LogP contribution >= 0.6 is 15.9 Å².